The molecular formula is C38H42N4O. The van der Waals surface area contributed by atoms with Crippen LogP contribution in [0.2, 0.25) is 0 Å². The van der Waals surface area contributed by atoms with Gasteiger partial charge in [0.2, 0.25) is 5.95 Å². The molecule has 1 heterocycles. The van der Waals surface area contributed by atoms with Crippen molar-refractivity contribution in [3.8, 4) is 11.3 Å². The maximum absolute atomic E-state index is 13.2. The van der Waals surface area contributed by atoms with Gasteiger partial charge in [0.15, 0.2) is 0 Å². The highest BCUT2D eigenvalue weighted by Crippen LogP contribution is 2.37. The molecule has 0 saturated carbocycles. The molecule has 0 aliphatic rings. The number of hydrogen-bond donors (Lipinski definition) is 2. The van der Waals surface area contributed by atoms with Gasteiger partial charge < -0.3 is 10.6 Å². The molecule has 1 amide bonds. The number of hydrogen-bond acceptors (Lipinski definition) is 4. The largest absolute Gasteiger partial charge is 0.324 e. The fourth-order valence-electron chi connectivity index (χ4n) is 5.94. The molecule has 0 bridgehead atoms. The van der Waals surface area contributed by atoms with Gasteiger partial charge in [0.25, 0.3) is 5.91 Å². The highest BCUT2D eigenvalue weighted by atomic mass is 16.1. The molecule has 43 heavy (non-hydrogen) atoms. The summed E-state index contributed by atoms with van der Waals surface area (Å²) in [6.45, 7) is 13.6. The lowest BCUT2D eigenvalue weighted by Crippen LogP contribution is -2.21. The van der Waals surface area contributed by atoms with Crippen LogP contribution in [0.4, 0.5) is 17.3 Å². The summed E-state index contributed by atoms with van der Waals surface area (Å²) in [7, 11) is 0. The molecule has 0 saturated heterocycles. The van der Waals surface area contributed by atoms with Crippen LogP contribution in [0.1, 0.15) is 68.9 Å². The number of anilines is 3. The van der Waals surface area contributed by atoms with E-state index in [1.165, 1.54) is 12.0 Å². The third kappa shape index (κ3) is 7.86. The topological polar surface area (TPSA) is 66.9 Å². The monoisotopic (exact) mass is 570 g/mol. The molecule has 0 fully saturated rings. The predicted octanol–water partition coefficient (Wildman–Crippen LogP) is 10.00. The lowest BCUT2D eigenvalue weighted by molar-refractivity contribution is 0.102. The van der Waals surface area contributed by atoms with E-state index in [4.69, 9.17) is 9.97 Å². The summed E-state index contributed by atoms with van der Waals surface area (Å²) in [6, 6.07) is 32.0. The SMILES string of the molecule is Cc1ccc(CCC(C)(C)CC(C)(C)C)cc1NC(=O)c1ccc(Nc2nc(-c3ccccc3)c3ccccc3n2)cc1. The van der Waals surface area contributed by atoms with Crippen LogP contribution in [0.3, 0.4) is 0 Å². The Balaban J connectivity index is 1.28. The van der Waals surface area contributed by atoms with Crippen LogP contribution in [0.5, 0.6) is 0 Å². The molecule has 2 N–H and O–H groups in total. The van der Waals surface area contributed by atoms with Crippen LogP contribution in [0.25, 0.3) is 22.2 Å². The van der Waals surface area contributed by atoms with Crippen molar-refractivity contribution in [1.82, 2.24) is 9.97 Å². The van der Waals surface area contributed by atoms with E-state index in [-0.39, 0.29) is 11.3 Å². The van der Waals surface area contributed by atoms with E-state index >= 15 is 0 Å². The number of nitrogens with one attached hydrogen (secondary N) is 2. The maximum atomic E-state index is 13.2. The average molecular weight is 571 g/mol. The fraction of sp³-hybridized carbons (Fsp3) is 0.289. The van der Waals surface area contributed by atoms with E-state index in [2.05, 4.69) is 75.6 Å². The van der Waals surface area contributed by atoms with E-state index in [1.54, 1.807) is 0 Å². The second kappa shape index (κ2) is 12.4. The number of carbonyl (C=O) groups is 1. The smallest absolute Gasteiger partial charge is 0.255 e. The lowest BCUT2D eigenvalue weighted by Gasteiger charge is -2.32. The Morgan fingerprint density at radius 1 is 0.791 bits per heavy atom. The van der Waals surface area contributed by atoms with E-state index in [1.807, 2.05) is 73.7 Å². The van der Waals surface area contributed by atoms with Crippen LogP contribution in [-0.2, 0) is 6.42 Å². The molecule has 0 spiro atoms. The predicted molar refractivity (Wildman–Crippen MR) is 180 cm³/mol. The number of fused-ring (bicyclic) bond motifs is 1. The van der Waals surface area contributed by atoms with Crippen molar-refractivity contribution in [2.24, 2.45) is 10.8 Å². The number of aromatic nitrogens is 2. The Hall–Kier alpha value is -4.51. The Bertz CT molecular complexity index is 1720. The highest BCUT2D eigenvalue weighted by molar-refractivity contribution is 6.05. The molecule has 0 atom stereocenters. The lowest BCUT2D eigenvalue weighted by atomic mass is 9.73. The second-order valence-corrected chi connectivity index (χ2v) is 13.5. The van der Waals surface area contributed by atoms with Gasteiger partial charge in [-0.05, 0) is 84.5 Å². The van der Waals surface area contributed by atoms with E-state index < -0.39 is 0 Å². The summed E-state index contributed by atoms with van der Waals surface area (Å²) in [5, 5.41) is 7.46. The molecule has 0 unspecified atom stereocenters. The van der Waals surface area contributed by atoms with Gasteiger partial charge in [0.1, 0.15) is 0 Å². The zero-order valence-electron chi connectivity index (χ0n) is 26.2. The summed E-state index contributed by atoms with van der Waals surface area (Å²) >= 11 is 0. The molecule has 0 aliphatic heterocycles. The summed E-state index contributed by atoms with van der Waals surface area (Å²) in [4.78, 5) is 22.8. The Kier molecular flexibility index (Phi) is 8.63. The van der Waals surface area contributed by atoms with Gasteiger partial charge >= 0.3 is 0 Å². The number of carbonyl (C=O) groups excluding carboxylic acids is 1. The van der Waals surface area contributed by atoms with Crippen molar-refractivity contribution >= 4 is 34.1 Å². The molecule has 0 aliphatic carbocycles. The number of benzene rings is 4. The van der Waals surface area contributed by atoms with Gasteiger partial charge in [0.05, 0.1) is 11.2 Å². The second-order valence-electron chi connectivity index (χ2n) is 13.5. The number of para-hydroxylation sites is 1. The summed E-state index contributed by atoms with van der Waals surface area (Å²) in [6.07, 6.45) is 3.25. The van der Waals surface area contributed by atoms with Gasteiger partial charge in [-0.25, -0.2) is 9.97 Å². The highest BCUT2D eigenvalue weighted by Gasteiger charge is 2.25. The normalized spacial score (nSPS) is 11.9. The number of rotatable bonds is 9. The molecule has 4 aromatic carbocycles. The molecule has 0 radical (unpaired) electrons. The van der Waals surface area contributed by atoms with Crippen LogP contribution in [0.15, 0.2) is 97.1 Å². The maximum Gasteiger partial charge on any atom is 0.255 e. The zero-order chi connectivity index (χ0) is 30.6. The first-order chi connectivity index (χ1) is 20.5. The standard InChI is InChI=1S/C38H42N4O/c1-26-16-17-27(22-23-38(5,6)25-37(2,3)4)24-33(26)40-35(43)29-18-20-30(21-19-29)39-36-41-32-15-11-10-14-31(32)34(42-36)28-12-8-7-9-13-28/h7-21,24H,22-23,25H2,1-6H3,(H,40,43)(H,39,41,42). The number of aryl methyl sites for hydroxylation is 2. The minimum Gasteiger partial charge on any atom is -0.324 e. The molecule has 5 heteroatoms. The summed E-state index contributed by atoms with van der Waals surface area (Å²) in [5.41, 5.74) is 7.87. The average Bonchev–Trinajstić information content (AvgIpc) is 2.97. The quantitative estimate of drug-likeness (QED) is 0.185. The third-order valence-electron chi connectivity index (χ3n) is 7.70. The van der Waals surface area contributed by atoms with Gasteiger partial charge in [-0.3, -0.25) is 4.79 Å². The Labute approximate surface area is 255 Å². The Morgan fingerprint density at radius 3 is 2.21 bits per heavy atom. The minimum absolute atomic E-state index is 0.131. The van der Waals surface area contributed by atoms with Crippen LogP contribution in [-0.4, -0.2) is 15.9 Å². The van der Waals surface area contributed by atoms with Crippen LogP contribution < -0.4 is 10.6 Å². The number of nitrogens with zero attached hydrogens (tertiary/aromatic N) is 2. The van der Waals surface area contributed by atoms with Crippen molar-refractivity contribution < 1.29 is 4.79 Å². The Morgan fingerprint density at radius 2 is 1.49 bits per heavy atom. The van der Waals surface area contributed by atoms with Crippen LogP contribution in [0, 0.1) is 17.8 Å². The molecule has 1 aromatic heterocycles. The van der Waals surface area contributed by atoms with Crippen molar-refractivity contribution in [1.29, 1.82) is 0 Å². The summed E-state index contributed by atoms with van der Waals surface area (Å²) < 4.78 is 0. The minimum atomic E-state index is -0.131. The zero-order valence-corrected chi connectivity index (χ0v) is 26.2. The third-order valence-corrected chi connectivity index (χ3v) is 7.70. The van der Waals surface area contributed by atoms with E-state index in [0.717, 1.165) is 51.9 Å². The van der Waals surface area contributed by atoms with Crippen molar-refractivity contribution in [3.63, 3.8) is 0 Å². The first-order valence-electron chi connectivity index (χ1n) is 15.1. The molecule has 5 nitrogen and oxygen atoms in total. The van der Waals surface area contributed by atoms with Crippen molar-refractivity contribution in [2.75, 3.05) is 10.6 Å². The van der Waals surface area contributed by atoms with Gasteiger partial charge in [0, 0.05) is 27.9 Å². The number of amides is 1. The molecule has 220 valence electrons. The molecule has 5 aromatic rings. The van der Waals surface area contributed by atoms with Gasteiger partial charge in [-0.1, -0.05) is 95.3 Å². The van der Waals surface area contributed by atoms with E-state index in [0.29, 0.717) is 16.9 Å². The first kappa shape index (κ1) is 30.0. The van der Waals surface area contributed by atoms with Crippen molar-refractivity contribution in [2.45, 2.75) is 60.8 Å². The molecular weight excluding hydrogens is 528 g/mol. The van der Waals surface area contributed by atoms with Crippen LogP contribution >= 0.6 is 0 Å². The van der Waals surface area contributed by atoms with Crippen molar-refractivity contribution in [3.05, 3.63) is 114 Å². The fourth-order valence-corrected chi connectivity index (χ4v) is 5.94. The van der Waals surface area contributed by atoms with Gasteiger partial charge in [-0.2, -0.15) is 0 Å². The first-order valence-corrected chi connectivity index (χ1v) is 15.1. The molecule has 5 rings (SSSR count). The van der Waals surface area contributed by atoms with E-state index in [9.17, 15) is 4.79 Å². The van der Waals surface area contributed by atoms with Gasteiger partial charge in [-0.15, -0.1) is 0 Å². The summed E-state index contributed by atoms with van der Waals surface area (Å²) in [5.74, 6) is 0.376.